The van der Waals surface area contributed by atoms with Crippen LogP contribution in [-0.2, 0) is 10.3 Å². The lowest BCUT2D eigenvalue weighted by Crippen LogP contribution is -2.29. The summed E-state index contributed by atoms with van der Waals surface area (Å²) in [6, 6.07) is 0.0655. The fourth-order valence-electron chi connectivity index (χ4n) is 3.02. The summed E-state index contributed by atoms with van der Waals surface area (Å²) in [5.41, 5.74) is 6.97. The molecule has 1 aromatic rings. The van der Waals surface area contributed by atoms with Crippen LogP contribution in [0.5, 0.6) is 0 Å². The van der Waals surface area contributed by atoms with E-state index >= 15 is 0 Å². The SMILES string of the molecule is CCOC1(c2nc(C)c(C(C)N)s2)CCCCCC1. The van der Waals surface area contributed by atoms with Gasteiger partial charge in [0.2, 0.25) is 0 Å². The molecule has 0 saturated heterocycles. The summed E-state index contributed by atoms with van der Waals surface area (Å²) in [5, 5.41) is 1.15. The fourth-order valence-corrected chi connectivity index (χ4v) is 4.24. The zero-order valence-electron chi connectivity index (χ0n) is 12.4. The number of nitrogens with zero attached hydrogens (tertiary/aromatic N) is 1. The largest absolute Gasteiger partial charge is 0.368 e. The predicted molar refractivity (Wildman–Crippen MR) is 80.5 cm³/mol. The van der Waals surface area contributed by atoms with Crippen LogP contribution in [0.15, 0.2) is 0 Å². The van der Waals surface area contributed by atoms with Crippen molar-refractivity contribution in [3.63, 3.8) is 0 Å². The Bertz CT molecular complexity index is 406. The number of hydrogen-bond acceptors (Lipinski definition) is 4. The lowest BCUT2D eigenvalue weighted by molar-refractivity contribution is -0.0560. The maximum absolute atomic E-state index is 6.19. The van der Waals surface area contributed by atoms with Crippen molar-refractivity contribution in [2.45, 2.75) is 70.9 Å². The van der Waals surface area contributed by atoms with Gasteiger partial charge < -0.3 is 10.5 Å². The molecule has 2 N–H and O–H groups in total. The molecule has 0 radical (unpaired) electrons. The molecule has 0 spiro atoms. The minimum atomic E-state index is -0.145. The van der Waals surface area contributed by atoms with Gasteiger partial charge in [-0.15, -0.1) is 11.3 Å². The van der Waals surface area contributed by atoms with Crippen molar-refractivity contribution in [1.29, 1.82) is 0 Å². The molecule has 1 atom stereocenters. The predicted octanol–water partition coefficient (Wildman–Crippen LogP) is 4.06. The Morgan fingerprint density at radius 2 is 1.95 bits per heavy atom. The zero-order chi connectivity index (χ0) is 13.9. The molecule has 2 rings (SSSR count). The minimum absolute atomic E-state index is 0.0655. The number of hydrogen-bond donors (Lipinski definition) is 1. The average molecular weight is 282 g/mol. The van der Waals surface area contributed by atoms with Gasteiger partial charge in [-0.25, -0.2) is 4.98 Å². The first-order valence-corrected chi connectivity index (χ1v) is 8.28. The number of thiazole rings is 1. The van der Waals surface area contributed by atoms with Crippen molar-refractivity contribution in [1.82, 2.24) is 4.98 Å². The van der Waals surface area contributed by atoms with Gasteiger partial charge >= 0.3 is 0 Å². The van der Waals surface area contributed by atoms with E-state index in [1.807, 2.05) is 6.92 Å². The number of aryl methyl sites for hydroxylation is 1. The minimum Gasteiger partial charge on any atom is -0.368 e. The van der Waals surface area contributed by atoms with E-state index in [9.17, 15) is 0 Å². The van der Waals surface area contributed by atoms with Crippen LogP contribution in [0.1, 0.15) is 74.0 Å². The van der Waals surface area contributed by atoms with E-state index < -0.39 is 0 Å². The molecule has 0 aromatic carbocycles. The Hall–Kier alpha value is -0.450. The number of aromatic nitrogens is 1. The normalized spacial score (nSPS) is 21.1. The molecular weight excluding hydrogens is 256 g/mol. The van der Waals surface area contributed by atoms with Crippen molar-refractivity contribution in [2.24, 2.45) is 5.73 Å². The first-order valence-electron chi connectivity index (χ1n) is 7.46. The van der Waals surface area contributed by atoms with Crippen molar-refractivity contribution in [3.05, 3.63) is 15.6 Å². The summed E-state index contributed by atoms with van der Waals surface area (Å²) < 4.78 is 6.19. The molecule has 1 unspecified atom stereocenters. The first-order chi connectivity index (χ1) is 9.09. The summed E-state index contributed by atoms with van der Waals surface area (Å²) >= 11 is 1.76. The summed E-state index contributed by atoms with van der Waals surface area (Å²) in [4.78, 5) is 6.01. The topological polar surface area (TPSA) is 48.1 Å². The highest BCUT2D eigenvalue weighted by Gasteiger charge is 2.37. The van der Waals surface area contributed by atoms with Gasteiger partial charge in [0.05, 0.1) is 5.69 Å². The van der Waals surface area contributed by atoms with Gasteiger partial charge in [0, 0.05) is 17.5 Å². The fraction of sp³-hybridized carbons (Fsp3) is 0.800. The molecule has 1 aliphatic carbocycles. The van der Waals surface area contributed by atoms with Gasteiger partial charge in [0.15, 0.2) is 0 Å². The Balaban J connectivity index is 2.34. The molecule has 108 valence electrons. The third-order valence-corrected chi connectivity index (χ3v) is 5.51. The van der Waals surface area contributed by atoms with Gasteiger partial charge in [-0.05, 0) is 33.6 Å². The van der Waals surface area contributed by atoms with Crippen molar-refractivity contribution in [2.75, 3.05) is 6.61 Å². The molecule has 0 amide bonds. The quantitative estimate of drug-likeness (QED) is 0.847. The van der Waals surface area contributed by atoms with Crippen LogP contribution in [0.2, 0.25) is 0 Å². The van der Waals surface area contributed by atoms with E-state index in [2.05, 4.69) is 13.8 Å². The highest BCUT2D eigenvalue weighted by atomic mass is 32.1. The monoisotopic (exact) mass is 282 g/mol. The molecule has 1 heterocycles. The van der Waals surface area contributed by atoms with Gasteiger partial charge in [0.1, 0.15) is 10.6 Å². The first kappa shape index (κ1) is 14.9. The van der Waals surface area contributed by atoms with Crippen molar-refractivity contribution >= 4 is 11.3 Å². The van der Waals surface area contributed by atoms with Crippen molar-refractivity contribution < 1.29 is 4.74 Å². The van der Waals surface area contributed by atoms with Gasteiger partial charge in [0.25, 0.3) is 0 Å². The van der Waals surface area contributed by atoms with Gasteiger partial charge in [-0.1, -0.05) is 25.7 Å². The molecule has 0 aliphatic heterocycles. The summed E-state index contributed by atoms with van der Waals surface area (Å²) in [6.45, 7) is 6.94. The van der Waals surface area contributed by atoms with Crippen LogP contribution in [0.4, 0.5) is 0 Å². The third-order valence-electron chi connectivity index (χ3n) is 3.97. The van der Waals surface area contributed by atoms with Crippen LogP contribution in [-0.4, -0.2) is 11.6 Å². The lowest BCUT2D eigenvalue weighted by Gasteiger charge is -2.30. The second-order valence-electron chi connectivity index (χ2n) is 5.60. The number of nitrogens with two attached hydrogens (primary N) is 1. The maximum atomic E-state index is 6.19. The Kier molecular flexibility index (Phi) is 4.98. The molecular formula is C15H26N2OS. The molecule has 1 aromatic heterocycles. The molecule has 1 saturated carbocycles. The van der Waals surface area contributed by atoms with E-state index in [0.717, 1.165) is 30.2 Å². The standard InChI is InChI=1S/C15H26N2OS/c1-4-18-15(9-7-5-6-8-10-15)14-17-12(3)13(19-14)11(2)16/h11H,4-10,16H2,1-3H3. The summed E-state index contributed by atoms with van der Waals surface area (Å²) in [7, 11) is 0. The highest BCUT2D eigenvalue weighted by molar-refractivity contribution is 7.12. The van der Waals surface area contributed by atoms with E-state index in [0.29, 0.717) is 0 Å². The van der Waals surface area contributed by atoms with Crippen molar-refractivity contribution in [3.8, 4) is 0 Å². The van der Waals surface area contributed by atoms with Gasteiger partial charge in [-0.2, -0.15) is 0 Å². The molecule has 3 nitrogen and oxygen atoms in total. The average Bonchev–Trinajstić information content (AvgIpc) is 2.61. The zero-order valence-corrected chi connectivity index (χ0v) is 13.2. The second-order valence-corrected chi connectivity index (χ2v) is 6.63. The molecule has 19 heavy (non-hydrogen) atoms. The van der Waals surface area contributed by atoms with E-state index in [-0.39, 0.29) is 11.6 Å². The lowest BCUT2D eigenvalue weighted by atomic mass is 9.95. The van der Waals surface area contributed by atoms with Gasteiger partial charge in [-0.3, -0.25) is 0 Å². The Morgan fingerprint density at radius 3 is 2.42 bits per heavy atom. The molecule has 1 fully saturated rings. The van der Waals surface area contributed by atoms with Crippen LogP contribution >= 0.6 is 11.3 Å². The van der Waals surface area contributed by atoms with Crippen LogP contribution < -0.4 is 5.73 Å². The van der Waals surface area contributed by atoms with E-state index in [1.165, 1.54) is 30.6 Å². The molecule has 0 bridgehead atoms. The Labute approximate surface area is 120 Å². The van der Waals surface area contributed by atoms with Crippen LogP contribution in [0.3, 0.4) is 0 Å². The van der Waals surface area contributed by atoms with E-state index in [1.54, 1.807) is 11.3 Å². The molecule has 1 aliphatic rings. The third kappa shape index (κ3) is 3.18. The highest BCUT2D eigenvalue weighted by Crippen LogP contribution is 2.42. The maximum Gasteiger partial charge on any atom is 0.125 e. The number of rotatable bonds is 4. The smallest absolute Gasteiger partial charge is 0.125 e. The van der Waals surface area contributed by atoms with Crippen LogP contribution in [0.25, 0.3) is 0 Å². The summed E-state index contributed by atoms with van der Waals surface area (Å²) in [6.07, 6.45) is 7.33. The van der Waals surface area contributed by atoms with E-state index in [4.69, 9.17) is 15.5 Å². The summed E-state index contributed by atoms with van der Waals surface area (Å²) in [5.74, 6) is 0. The molecule has 4 heteroatoms. The number of ether oxygens (including phenoxy) is 1. The Morgan fingerprint density at radius 1 is 1.32 bits per heavy atom. The van der Waals surface area contributed by atoms with Crippen LogP contribution in [0, 0.1) is 6.92 Å². The second kappa shape index (κ2) is 6.33.